The first kappa shape index (κ1) is 29.8. The van der Waals surface area contributed by atoms with Gasteiger partial charge in [0.25, 0.3) is 5.91 Å². The van der Waals surface area contributed by atoms with Crippen LogP contribution >= 0.6 is 46.3 Å². The first-order valence-corrected chi connectivity index (χ1v) is 15.6. The lowest BCUT2D eigenvalue weighted by atomic mass is 9.95. The zero-order valence-electron chi connectivity index (χ0n) is 22.4. The highest BCUT2D eigenvalue weighted by atomic mass is 35.5. The molecule has 1 aliphatic rings. The molecule has 1 amide bonds. The van der Waals surface area contributed by atoms with Gasteiger partial charge in [-0.3, -0.25) is 14.5 Å². The second-order valence-corrected chi connectivity index (χ2v) is 12.3. The van der Waals surface area contributed by atoms with E-state index >= 15 is 0 Å². The van der Waals surface area contributed by atoms with Crippen LogP contribution in [0.15, 0.2) is 94.5 Å². The fraction of sp³-hybridized carbons (Fsp3) is 0.161. The smallest absolute Gasteiger partial charge is 0.296 e. The third-order valence-electron chi connectivity index (χ3n) is 6.34. The fourth-order valence-corrected chi connectivity index (χ4v) is 6.72. The quantitative estimate of drug-likeness (QED) is 0.101. The van der Waals surface area contributed by atoms with E-state index in [4.69, 9.17) is 27.9 Å². The van der Waals surface area contributed by atoms with Gasteiger partial charge in [-0.25, -0.2) is 0 Å². The van der Waals surface area contributed by atoms with Crippen LogP contribution in [0.5, 0.6) is 5.75 Å². The summed E-state index contributed by atoms with van der Waals surface area (Å²) in [5.74, 6) is -0.654. The zero-order valence-corrected chi connectivity index (χ0v) is 25.5. The zero-order chi connectivity index (χ0) is 29.6. The van der Waals surface area contributed by atoms with Crippen LogP contribution in [0.1, 0.15) is 36.1 Å². The summed E-state index contributed by atoms with van der Waals surface area (Å²) in [6.45, 7) is 2.58. The van der Waals surface area contributed by atoms with Gasteiger partial charge >= 0.3 is 0 Å². The van der Waals surface area contributed by atoms with Crippen molar-refractivity contribution >= 4 is 69.2 Å². The molecule has 0 bridgehead atoms. The van der Waals surface area contributed by atoms with Gasteiger partial charge < -0.3 is 9.84 Å². The molecule has 0 aliphatic carbocycles. The monoisotopic (exact) mass is 637 g/mol. The van der Waals surface area contributed by atoms with Gasteiger partial charge in [-0.2, -0.15) is 0 Å². The molecule has 7 nitrogen and oxygen atoms in total. The highest BCUT2D eigenvalue weighted by Gasteiger charge is 2.45. The number of aliphatic hydroxyl groups is 1. The number of amides is 1. The van der Waals surface area contributed by atoms with Crippen molar-refractivity contribution in [1.29, 1.82) is 0 Å². The van der Waals surface area contributed by atoms with Gasteiger partial charge in [-0.1, -0.05) is 108 Å². The molecule has 0 saturated carbocycles. The average molecular weight is 639 g/mol. The Balaban J connectivity index is 1.45. The van der Waals surface area contributed by atoms with E-state index in [1.807, 2.05) is 43.3 Å². The molecule has 42 heavy (non-hydrogen) atoms. The summed E-state index contributed by atoms with van der Waals surface area (Å²) < 4.78 is 6.30. The summed E-state index contributed by atoms with van der Waals surface area (Å²) in [5, 5.41) is 20.9. The Morgan fingerprint density at radius 2 is 1.86 bits per heavy atom. The van der Waals surface area contributed by atoms with E-state index in [1.165, 1.54) is 34.1 Å². The minimum atomic E-state index is -0.915. The van der Waals surface area contributed by atoms with Gasteiger partial charge in [0.2, 0.25) is 5.13 Å². The summed E-state index contributed by atoms with van der Waals surface area (Å²) in [6.07, 6.45) is 3.87. The Hall–Kier alpha value is -3.63. The summed E-state index contributed by atoms with van der Waals surface area (Å²) in [5.41, 5.74) is 2.27. The van der Waals surface area contributed by atoms with Crippen LogP contribution in [0.2, 0.25) is 10.0 Å². The van der Waals surface area contributed by atoms with Gasteiger partial charge in [-0.05, 0) is 53.5 Å². The van der Waals surface area contributed by atoms with Crippen molar-refractivity contribution < 1.29 is 19.4 Å². The van der Waals surface area contributed by atoms with Crippen LogP contribution < -0.4 is 9.64 Å². The number of anilines is 1. The third-order valence-corrected chi connectivity index (χ3v) is 9.03. The second-order valence-electron chi connectivity index (χ2n) is 9.24. The molecule has 214 valence electrons. The number of ether oxygens (including phenoxy) is 1. The molecular formula is C31H25Cl2N3O4S2. The Kier molecular flexibility index (Phi) is 9.64. The average Bonchev–Trinajstić information content (AvgIpc) is 3.57. The Labute approximate surface area is 261 Å². The molecule has 1 N–H and O–H groups in total. The number of hydrogen-bond acceptors (Lipinski definition) is 8. The number of nitrogens with zero attached hydrogens (tertiary/aromatic N) is 3. The molecule has 1 aromatic heterocycles. The van der Waals surface area contributed by atoms with Crippen molar-refractivity contribution in [1.82, 2.24) is 10.2 Å². The highest BCUT2D eigenvalue weighted by Crippen LogP contribution is 2.44. The number of thioether (sulfide) groups is 1. The number of carbonyl (C=O) groups is 2. The number of aliphatic hydroxyl groups excluding tert-OH is 1. The van der Waals surface area contributed by atoms with E-state index in [0.717, 1.165) is 17.5 Å². The van der Waals surface area contributed by atoms with Gasteiger partial charge in [0, 0.05) is 15.8 Å². The van der Waals surface area contributed by atoms with Crippen LogP contribution in [0.3, 0.4) is 0 Å². The van der Waals surface area contributed by atoms with Gasteiger partial charge in [-0.15, -0.1) is 10.2 Å². The largest absolute Gasteiger partial charge is 0.503 e. The Bertz CT molecular complexity index is 1660. The number of aromatic nitrogens is 2. The third kappa shape index (κ3) is 6.71. The Morgan fingerprint density at radius 1 is 1.10 bits per heavy atom. The summed E-state index contributed by atoms with van der Waals surface area (Å²) >= 11 is 14.9. The minimum Gasteiger partial charge on any atom is -0.503 e. The summed E-state index contributed by atoms with van der Waals surface area (Å²) in [6, 6.07) is 20.8. The van der Waals surface area contributed by atoms with E-state index < -0.39 is 23.5 Å². The normalized spacial score (nSPS) is 15.2. The summed E-state index contributed by atoms with van der Waals surface area (Å²) in [7, 11) is 0. The number of ketones is 1. The first-order chi connectivity index (χ1) is 20.4. The molecule has 1 unspecified atom stereocenters. The lowest BCUT2D eigenvalue weighted by Gasteiger charge is -2.24. The lowest BCUT2D eigenvalue weighted by Crippen LogP contribution is -2.30. The fourth-order valence-electron chi connectivity index (χ4n) is 4.30. The van der Waals surface area contributed by atoms with Gasteiger partial charge in [0.05, 0.1) is 18.2 Å². The molecule has 0 radical (unpaired) electrons. The van der Waals surface area contributed by atoms with Crippen LogP contribution in [-0.4, -0.2) is 33.6 Å². The number of allylic oxidation sites excluding steroid dienone is 1. The lowest BCUT2D eigenvalue weighted by molar-refractivity contribution is -0.117. The molecule has 2 heterocycles. The molecule has 3 aromatic carbocycles. The molecule has 1 aliphatic heterocycles. The van der Waals surface area contributed by atoms with Crippen LogP contribution in [0, 0.1) is 0 Å². The molecule has 5 rings (SSSR count). The Morgan fingerprint density at radius 3 is 2.57 bits per heavy atom. The van der Waals surface area contributed by atoms with Crippen molar-refractivity contribution in [2.75, 3.05) is 11.5 Å². The number of rotatable bonds is 11. The first-order valence-electron chi connectivity index (χ1n) is 13.0. The summed E-state index contributed by atoms with van der Waals surface area (Å²) in [4.78, 5) is 28.3. The number of carbonyl (C=O) groups excluding carboxylic acids is 2. The molecule has 1 atom stereocenters. The van der Waals surface area contributed by atoms with E-state index in [9.17, 15) is 14.7 Å². The maximum absolute atomic E-state index is 13.5. The minimum absolute atomic E-state index is 0.0354. The molecule has 0 fully saturated rings. The molecule has 0 spiro atoms. The van der Waals surface area contributed by atoms with Crippen LogP contribution in [0.25, 0.3) is 6.08 Å². The second kappa shape index (κ2) is 13.6. The predicted octanol–water partition coefficient (Wildman–Crippen LogP) is 8.11. The van der Waals surface area contributed by atoms with E-state index in [0.29, 0.717) is 38.1 Å². The van der Waals surface area contributed by atoms with E-state index in [-0.39, 0.29) is 10.7 Å². The van der Waals surface area contributed by atoms with Crippen LogP contribution in [0.4, 0.5) is 5.13 Å². The van der Waals surface area contributed by atoms with E-state index in [1.54, 1.807) is 42.5 Å². The topological polar surface area (TPSA) is 92.6 Å². The SMILES string of the molecule is CCCOc1ccc(C2C(C(=O)C=Cc3ccccc3)=C(O)C(=O)N2c2nnc(SCc3ccc(Cl)cc3Cl)s2)cc1. The molecular weight excluding hydrogens is 613 g/mol. The highest BCUT2D eigenvalue weighted by molar-refractivity contribution is 8.00. The van der Waals surface area contributed by atoms with Gasteiger partial charge in [0.1, 0.15) is 5.75 Å². The van der Waals surface area contributed by atoms with Crippen LogP contribution in [-0.2, 0) is 15.3 Å². The maximum atomic E-state index is 13.5. The molecule has 11 heteroatoms. The van der Waals surface area contributed by atoms with Crippen molar-refractivity contribution in [3.63, 3.8) is 0 Å². The van der Waals surface area contributed by atoms with Crippen molar-refractivity contribution in [3.8, 4) is 5.75 Å². The van der Waals surface area contributed by atoms with Crippen molar-refractivity contribution in [2.24, 2.45) is 0 Å². The molecule has 4 aromatic rings. The number of benzene rings is 3. The standard InChI is InChI=1S/C31H25Cl2N3O4S2/c1-2-16-40-23-13-10-20(11-14-23)27-26(25(37)15-8-19-6-4-3-5-7-19)28(38)29(39)36(27)30-34-35-31(42-30)41-18-21-9-12-22(32)17-24(21)33/h3-15,17,27,38H,2,16,18H2,1H3. The van der Waals surface area contributed by atoms with Gasteiger partial charge in [0.15, 0.2) is 15.9 Å². The number of hydrogen-bond donors (Lipinski definition) is 1. The van der Waals surface area contributed by atoms with Crippen molar-refractivity contribution in [3.05, 3.63) is 117 Å². The predicted molar refractivity (Wildman–Crippen MR) is 169 cm³/mol. The maximum Gasteiger partial charge on any atom is 0.296 e. The van der Waals surface area contributed by atoms with E-state index in [2.05, 4.69) is 10.2 Å². The van der Waals surface area contributed by atoms with Crippen molar-refractivity contribution in [2.45, 2.75) is 29.5 Å². The molecule has 0 saturated heterocycles. The number of halogens is 2.